The number of aliphatic hydroxyl groups excluding tert-OH is 1. The number of halogens is 1. The first kappa shape index (κ1) is 19.4. The Morgan fingerprint density at radius 3 is 2.69 bits per heavy atom. The summed E-state index contributed by atoms with van der Waals surface area (Å²) in [6.45, 7) is 6.31. The van der Waals surface area contributed by atoms with Crippen LogP contribution in [0.3, 0.4) is 0 Å². The topological polar surface area (TPSA) is 71.6 Å². The number of aromatic amines is 1. The maximum Gasteiger partial charge on any atom is 0.272 e. The molecule has 7 heteroatoms. The number of rotatable bonds is 5. The molecule has 4 rings (SSSR count). The molecule has 0 aliphatic carbocycles. The molecule has 0 unspecified atom stereocenters. The van der Waals surface area contributed by atoms with Gasteiger partial charge in [0.15, 0.2) is 0 Å². The Kier molecular flexibility index (Phi) is 5.51. The van der Waals surface area contributed by atoms with Crippen LogP contribution in [0, 0.1) is 12.7 Å². The Bertz CT molecular complexity index is 986. The zero-order valence-corrected chi connectivity index (χ0v) is 16.4. The SMILES string of the molecule is Cc1ccc(F)c2cc(C(=O)Nc3cccc(N4CCN(CCO)CC4)c3)[nH]c12. The van der Waals surface area contributed by atoms with E-state index in [1.54, 1.807) is 12.1 Å². The summed E-state index contributed by atoms with van der Waals surface area (Å²) in [5, 5.41) is 12.4. The maximum atomic E-state index is 14.0. The van der Waals surface area contributed by atoms with Crippen LogP contribution in [0.15, 0.2) is 42.5 Å². The standard InChI is InChI=1S/C22H25FN4O2/c1-15-5-6-19(23)18-14-20(25-21(15)18)22(29)24-16-3-2-4-17(13-16)27-9-7-26(8-10-27)11-12-28/h2-6,13-14,25,28H,7-12H2,1H3,(H,24,29). The smallest absolute Gasteiger partial charge is 0.272 e. The number of carbonyl (C=O) groups is 1. The van der Waals surface area contributed by atoms with Gasteiger partial charge in [-0.15, -0.1) is 0 Å². The molecule has 0 bridgehead atoms. The number of aryl methyl sites for hydroxylation is 1. The number of hydrogen-bond donors (Lipinski definition) is 3. The number of piperazine rings is 1. The van der Waals surface area contributed by atoms with Gasteiger partial charge in [-0.05, 0) is 42.8 Å². The summed E-state index contributed by atoms with van der Waals surface area (Å²) in [6.07, 6.45) is 0. The molecule has 1 amide bonds. The van der Waals surface area contributed by atoms with Gasteiger partial charge in [0.05, 0.1) is 12.1 Å². The van der Waals surface area contributed by atoms with E-state index >= 15 is 0 Å². The zero-order chi connectivity index (χ0) is 20.4. The van der Waals surface area contributed by atoms with E-state index in [4.69, 9.17) is 5.11 Å². The van der Waals surface area contributed by atoms with E-state index in [0.717, 1.165) is 37.4 Å². The van der Waals surface area contributed by atoms with Gasteiger partial charge in [0.1, 0.15) is 11.5 Å². The molecule has 3 aromatic rings. The van der Waals surface area contributed by atoms with Gasteiger partial charge in [0, 0.05) is 49.5 Å². The van der Waals surface area contributed by atoms with Gasteiger partial charge < -0.3 is 20.3 Å². The number of carbonyl (C=O) groups excluding carboxylic acids is 1. The van der Waals surface area contributed by atoms with Crippen molar-refractivity contribution in [2.45, 2.75) is 6.92 Å². The molecule has 0 saturated carbocycles. The summed E-state index contributed by atoms with van der Waals surface area (Å²) in [5.41, 5.74) is 3.61. The predicted molar refractivity (Wildman–Crippen MR) is 113 cm³/mol. The van der Waals surface area contributed by atoms with Gasteiger partial charge in [0.25, 0.3) is 5.91 Å². The second-order valence-electron chi connectivity index (χ2n) is 7.39. The normalized spacial score (nSPS) is 15.1. The van der Waals surface area contributed by atoms with E-state index in [1.165, 1.54) is 6.07 Å². The molecule has 1 aromatic heterocycles. The van der Waals surface area contributed by atoms with Gasteiger partial charge in [-0.2, -0.15) is 0 Å². The van der Waals surface area contributed by atoms with Crippen molar-refractivity contribution in [1.82, 2.24) is 9.88 Å². The number of aromatic nitrogens is 1. The van der Waals surface area contributed by atoms with Crippen LogP contribution in [0.1, 0.15) is 16.1 Å². The molecule has 6 nitrogen and oxygen atoms in total. The number of nitrogens with one attached hydrogen (secondary N) is 2. The molecule has 1 saturated heterocycles. The molecule has 152 valence electrons. The lowest BCUT2D eigenvalue weighted by atomic mass is 10.1. The molecular formula is C22H25FN4O2. The molecular weight excluding hydrogens is 371 g/mol. The quantitative estimate of drug-likeness (QED) is 0.620. The van der Waals surface area contributed by atoms with Gasteiger partial charge in [0.2, 0.25) is 0 Å². The van der Waals surface area contributed by atoms with Gasteiger partial charge in [-0.1, -0.05) is 12.1 Å². The molecule has 3 N–H and O–H groups in total. The van der Waals surface area contributed by atoms with E-state index in [1.807, 2.05) is 31.2 Å². The van der Waals surface area contributed by atoms with Crippen LogP contribution in [0.2, 0.25) is 0 Å². The summed E-state index contributed by atoms with van der Waals surface area (Å²) < 4.78 is 14.0. The molecule has 1 aliphatic heterocycles. The van der Waals surface area contributed by atoms with Crippen LogP contribution in [-0.4, -0.2) is 60.2 Å². The largest absolute Gasteiger partial charge is 0.395 e. The second kappa shape index (κ2) is 8.23. The molecule has 29 heavy (non-hydrogen) atoms. The van der Waals surface area contributed by atoms with Crippen molar-refractivity contribution in [3.63, 3.8) is 0 Å². The fourth-order valence-corrected chi connectivity index (χ4v) is 3.80. The number of nitrogens with zero attached hydrogens (tertiary/aromatic N) is 2. The lowest BCUT2D eigenvalue weighted by Gasteiger charge is -2.35. The van der Waals surface area contributed by atoms with Crippen molar-refractivity contribution in [3.8, 4) is 0 Å². The number of anilines is 2. The summed E-state index contributed by atoms with van der Waals surface area (Å²) in [7, 11) is 0. The first-order valence-electron chi connectivity index (χ1n) is 9.82. The third kappa shape index (κ3) is 4.11. The Labute approximate surface area is 168 Å². The Morgan fingerprint density at radius 2 is 1.97 bits per heavy atom. The lowest BCUT2D eigenvalue weighted by Crippen LogP contribution is -2.47. The minimum absolute atomic E-state index is 0.179. The van der Waals surface area contributed by atoms with Crippen LogP contribution >= 0.6 is 0 Å². The van der Waals surface area contributed by atoms with E-state index in [2.05, 4.69) is 20.1 Å². The average molecular weight is 396 g/mol. The number of hydrogen-bond acceptors (Lipinski definition) is 4. The van der Waals surface area contributed by atoms with Crippen molar-refractivity contribution >= 4 is 28.2 Å². The summed E-state index contributed by atoms with van der Waals surface area (Å²) in [6, 6.07) is 12.4. The highest BCUT2D eigenvalue weighted by Gasteiger charge is 2.18. The fourth-order valence-electron chi connectivity index (χ4n) is 3.80. The van der Waals surface area contributed by atoms with Crippen molar-refractivity contribution < 1.29 is 14.3 Å². The minimum atomic E-state index is -0.344. The molecule has 2 aromatic carbocycles. The summed E-state index contributed by atoms with van der Waals surface area (Å²) >= 11 is 0. The Hall–Kier alpha value is -2.90. The number of amides is 1. The van der Waals surface area contributed by atoms with E-state index in [0.29, 0.717) is 28.8 Å². The number of aliphatic hydroxyl groups is 1. The monoisotopic (exact) mass is 396 g/mol. The van der Waals surface area contributed by atoms with Crippen LogP contribution in [0.5, 0.6) is 0 Å². The number of H-pyrrole nitrogens is 1. The minimum Gasteiger partial charge on any atom is -0.395 e. The molecule has 2 heterocycles. The Balaban J connectivity index is 1.48. The third-order valence-corrected chi connectivity index (χ3v) is 5.45. The third-order valence-electron chi connectivity index (χ3n) is 5.45. The van der Waals surface area contributed by atoms with Crippen molar-refractivity contribution in [1.29, 1.82) is 0 Å². The van der Waals surface area contributed by atoms with Crippen LogP contribution in [-0.2, 0) is 0 Å². The molecule has 0 spiro atoms. The first-order valence-corrected chi connectivity index (χ1v) is 9.82. The zero-order valence-electron chi connectivity index (χ0n) is 16.4. The van der Waals surface area contributed by atoms with Crippen molar-refractivity contribution in [2.24, 2.45) is 0 Å². The average Bonchev–Trinajstić information content (AvgIpc) is 3.19. The molecule has 0 atom stereocenters. The van der Waals surface area contributed by atoms with E-state index in [9.17, 15) is 9.18 Å². The maximum absolute atomic E-state index is 14.0. The highest BCUT2D eigenvalue weighted by atomic mass is 19.1. The van der Waals surface area contributed by atoms with Gasteiger partial charge in [-0.25, -0.2) is 4.39 Å². The predicted octanol–water partition coefficient (Wildman–Crippen LogP) is 2.98. The van der Waals surface area contributed by atoms with Crippen LogP contribution < -0.4 is 10.2 Å². The highest BCUT2D eigenvalue weighted by Crippen LogP contribution is 2.24. The van der Waals surface area contributed by atoms with Crippen molar-refractivity contribution in [2.75, 3.05) is 49.5 Å². The second-order valence-corrected chi connectivity index (χ2v) is 7.39. The van der Waals surface area contributed by atoms with E-state index in [-0.39, 0.29) is 18.3 Å². The van der Waals surface area contributed by atoms with Crippen LogP contribution in [0.4, 0.5) is 15.8 Å². The van der Waals surface area contributed by atoms with Gasteiger partial charge in [-0.3, -0.25) is 9.69 Å². The molecule has 1 fully saturated rings. The number of benzene rings is 2. The highest BCUT2D eigenvalue weighted by molar-refractivity contribution is 6.06. The fraction of sp³-hybridized carbons (Fsp3) is 0.318. The summed E-state index contributed by atoms with van der Waals surface area (Å²) in [4.78, 5) is 20.2. The van der Waals surface area contributed by atoms with Crippen LogP contribution in [0.25, 0.3) is 10.9 Å². The number of β-amino-alcohol motifs (C(OH)–C–C–N with tert-alkyl or cyclic N) is 1. The molecule has 0 radical (unpaired) electrons. The van der Waals surface area contributed by atoms with Gasteiger partial charge >= 0.3 is 0 Å². The van der Waals surface area contributed by atoms with Crippen molar-refractivity contribution in [3.05, 3.63) is 59.5 Å². The molecule has 1 aliphatic rings. The van der Waals surface area contributed by atoms with E-state index < -0.39 is 0 Å². The Morgan fingerprint density at radius 1 is 1.17 bits per heavy atom. The summed E-state index contributed by atoms with van der Waals surface area (Å²) in [5.74, 6) is -0.645. The first-order chi connectivity index (χ1) is 14.0. The number of fused-ring (bicyclic) bond motifs is 1. The lowest BCUT2D eigenvalue weighted by molar-refractivity contribution is 0.102.